The van der Waals surface area contributed by atoms with Gasteiger partial charge >= 0.3 is 12.6 Å². The molecule has 1 heterocycles. The first-order chi connectivity index (χ1) is 12.1. The Bertz CT molecular complexity index is 1010. The van der Waals surface area contributed by atoms with Crippen LogP contribution in [0.3, 0.4) is 0 Å². The summed E-state index contributed by atoms with van der Waals surface area (Å²) >= 11 is 6.05. The average molecular weight is 399 g/mol. The van der Waals surface area contributed by atoms with Crippen LogP contribution in [-0.4, -0.2) is 26.2 Å². The zero-order valence-corrected chi connectivity index (χ0v) is 15.6. The molecule has 3 rings (SSSR count). The molecule has 1 aliphatic heterocycles. The summed E-state index contributed by atoms with van der Waals surface area (Å²) in [4.78, 5) is 10.8. The van der Waals surface area contributed by atoms with Crippen molar-refractivity contribution >= 4 is 27.6 Å². The van der Waals surface area contributed by atoms with Gasteiger partial charge in [0.2, 0.25) is 9.84 Å². The molecule has 1 aliphatic rings. The van der Waals surface area contributed by atoms with Crippen LogP contribution in [0.5, 0.6) is 11.5 Å². The zero-order chi connectivity index (χ0) is 19.2. The van der Waals surface area contributed by atoms with Gasteiger partial charge < -0.3 is 19.3 Å². The van der Waals surface area contributed by atoms with Crippen molar-refractivity contribution in [1.82, 2.24) is 0 Å². The van der Waals surface area contributed by atoms with Crippen LogP contribution in [0.25, 0.3) is 0 Å². The van der Waals surface area contributed by atoms with Crippen LogP contribution in [0.2, 0.25) is 5.02 Å². The van der Waals surface area contributed by atoms with Crippen LogP contribution in [0.15, 0.2) is 34.1 Å². The normalized spacial score (nSPS) is 15.8. The van der Waals surface area contributed by atoms with Gasteiger partial charge in [-0.2, -0.15) is 0 Å². The first-order valence-corrected chi connectivity index (χ1v) is 9.35. The average Bonchev–Trinajstić information content (AvgIpc) is 2.89. The summed E-state index contributed by atoms with van der Waals surface area (Å²) in [5.74, 6) is 0.292. The van der Waals surface area contributed by atoms with Crippen molar-refractivity contribution in [2.75, 3.05) is 0 Å². The van der Waals surface area contributed by atoms with Crippen LogP contribution in [-0.2, 0) is 14.6 Å². The minimum absolute atomic E-state index is 0.0284. The van der Waals surface area contributed by atoms with E-state index in [0.29, 0.717) is 21.7 Å². The summed E-state index contributed by atoms with van der Waals surface area (Å²) in [6.07, 6.45) is -1.57. The molecule has 1 N–H and O–H groups in total. The summed E-state index contributed by atoms with van der Waals surface area (Å²) in [6.45, 7) is 3.53. The molecule has 9 heteroatoms. The van der Waals surface area contributed by atoms with E-state index in [1.54, 1.807) is 26.8 Å². The molecule has 0 saturated heterocycles. The number of hydrogen-bond donors (Lipinski definition) is 1. The fraction of sp³-hybridized carbons (Fsp3) is 0.235. The van der Waals surface area contributed by atoms with Gasteiger partial charge in [-0.15, -0.1) is 0 Å². The van der Waals surface area contributed by atoms with Gasteiger partial charge in [-0.25, -0.2) is 13.2 Å². The first-order valence-electron chi connectivity index (χ1n) is 7.49. The van der Waals surface area contributed by atoms with Gasteiger partial charge in [-0.3, -0.25) is 0 Å². The molecule has 0 aromatic heterocycles. The third-order valence-electron chi connectivity index (χ3n) is 3.92. The summed E-state index contributed by atoms with van der Waals surface area (Å²) in [6, 6.07) is 5.89. The van der Waals surface area contributed by atoms with Crippen molar-refractivity contribution in [2.45, 2.75) is 37.0 Å². The van der Waals surface area contributed by atoms with E-state index in [-0.39, 0.29) is 21.3 Å². The molecule has 0 spiro atoms. The number of aryl methyl sites for hydroxylation is 3. The first kappa shape index (κ1) is 18.3. The predicted molar refractivity (Wildman–Crippen MR) is 91.7 cm³/mol. The Morgan fingerprint density at radius 1 is 1.00 bits per heavy atom. The monoisotopic (exact) mass is 398 g/mol. The minimum atomic E-state index is -3.85. The molecule has 0 aliphatic carbocycles. The number of rotatable bonds is 3. The Kier molecular flexibility index (Phi) is 4.49. The second kappa shape index (κ2) is 6.37. The van der Waals surface area contributed by atoms with E-state index in [9.17, 15) is 13.2 Å². The van der Waals surface area contributed by atoms with Gasteiger partial charge in [-0.1, -0.05) is 11.6 Å². The van der Waals surface area contributed by atoms with Crippen molar-refractivity contribution in [3.8, 4) is 11.5 Å². The molecule has 2 aromatic carbocycles. The van der Waals surface area contributed by atoms with Gasteiger partial charge in [0.1, 0.15) is 0 Å². The molecule has 0 fully saturated rings. The number of carboxylic acid groups (broad SMARTS) is 1. The number of hydrogen-bond acceptors (Lipinski definition) is 6. The fourth-order valence-electron chi connectivity index (χ4n) is 2.64. The van der Waals surface area contributed by atoms with Crippen LogP contribution < -0.4 is 9.47 Å². The molecule has 0 amide bonds. The van der Waals surface area contributed by atoms with Crippen molar-refractivity contribution in [3.63, 3.8) is 0 Å². The molecule has 1 unspecified atom stereocenters. The third kappa shape index (κ3) is 3.17. The molecule has 1 atom stereocenters. The lowest BCUT2D eigenvalue weighted by molar-refractivity contribution is -0.147. The second-order valence-electron chi connectivity index (χ2n) is 5.84. The third-order valence-corrected chi connectivity index (χ3v) is 6.36. The predicted octanol–water partition coefficient (Wildman–Crippen LogP) is 3.85. The van der Waals surface area contributed by atoms with Crippen LogP contribution in [0.4, 0.5) is 4.79 Å². The Balaban J connectivity index is 2.06. The van der Waals surface area contributed by atoms with Gasteiger partial charge in [0, 0.05) is 11.1 Å². The number of carbonyl (C=O) groups is 1. The highest BCUT2D eigenvalue weighted by atomic mass is 35.5. The van der Waals surface area contributed by atoms with E-state index >= 15 is 0 Å². The molecular formula is C17H15ClO7S. The molecule has 138 valence electrons. The molecule has 7 nitrogen and oxygen atoms in total. The summed E-state index contributed by atoms with van der Waals surface area (Å²) in [7, 11) is -3.85. The van der Waals surface area contributed by atoms with Gasteiger partial charge in [-0.05, 0) is 55.7 Å². The minimum Gasteiger partial charge on any atom is -0.450 e. The molecule has 0 saturated carbocycles. The van der Waals surface area contributed by atoms with E-state index in [2.05, 4.69) is 4.74 Å². The molecule has 0 radical (unpaired) electrons. The SMILES string of the molecule is Cc1cc(S(=O)(=O)c2cc3c(cc2C)OC(OC(=O)O)O3)c(C)cc1Cl. The van der Waals surface area contributed by atoms with Gasteiger partial charge in [0.15, 0.2) is 11.5 Å². The zero-order valence-electron chi connectivity index (χ0n) is 14.1. The van der Waals surface area contributed by atoms with E-state index in [0.717, 1.165) is 0 Å². The van der Waals surface area contributed by atoms with E-state index < -0.39 is 22.5 Å². The molecule has 26 heavy (non-hydrogen) atoms. The van der Waals surface area contributed by atoms with Crippen molar-refractivity contribution in [1.29, 1.82) is 0 Å². The Morgan fingerprint density at radius 2 is 1.54 bits per heavy atom. The van der Waals surface area contributed by atoms with Gasteiger partial charge in [0.25, 0.3) is 0 Å². The van der Waals surface area contributed by atoms with Crippen LogP contribution >= 0.6 is 11.6 Å². The summed E-state index contributed by atoms with van der Waals surface area (Å²) < 4.78 is 41.1. The van der Waals surface area contributed by atoms with Crippen LogP contribution in [0, 0.1) is 20.8 Å². The number of sulfone groups is 1. The maximum absolute atomic E-state index is 13.1. The van der Waals surface area contributed by atoms with Crippen LogP contribution in [0.1, 0.15) is 16.7 Å². The lowest BCUT2D eigenvalue weighted by Crippen LogP contribution is -2.24. The maximum atomic E-state index is 13.1. The Labute approximate surface area is 155 Å². The number of fused-ring (bicyclic) bond motifs is 1. The highest BCUT2D eigenvalue weighted by molar-refractivity contribution is 7.91. The highest BCUT2D eigenvalue weighted by Gasteiger charge is 2.32. The number of halogens is 1. The Hall–Kier alpha value is -2.45. The summed E-state index contributed by atoms with van der Waals surface area (Å²) in [5.41, 5.74) is 1.59. The maximum Gasteiger partial charge on any atom is 0.511 e. The smallest absolute Gasteiger partial charge is 0.450 e. The van der Waals surface area contributed by atoms with Crippen molar-refractivity contribution < 1.29 is 32.5 Å². The standard InChI is InChI=1S/C17H15ClO7S/c1-8-6-14(9(2)4-11(8)18)26(21,22)15-7-13-12(5-10(15)3)23-17(24-13)25-16(19)20/h4-7,17H,1-3H3,(H,19,20). The van der Waals surface area contributed by atoms with Crippen molar-refractivity contribution in [2.24, 2.45) is 0 Å². The largest absolute Gasteiger partial charge is 0.511 e. The molecule has 2 aromatic rings. The quantitative estimate of drug-likeness (QED) is 0.784. The van der Waals surface area contributed by atoms with E-state index in [1.807, 2.05) is 0 Å². The van der Waals surface area contributed by atoms with E-state index in [4.69, 9.17) is 26.2 Å². The number of ether oxygens (including phenoxy) is 3. The molecule has 0 bridgehead atoms. The topological polar surface area (TPSA) is 99.1 Å². The van der Waals surface area contributed by atoms with E-state index in [1.165, 1.54) is 18.2 Å². The van der Waals surface area contributed by atoms with Gasteiger partial charge in [0.05, 0.1) is 9.79 Å². The highest BCUT2D eigenvalue weighted by Crippen LogP contribution is 2.40. The summed E-state index contributed by atoms with van der Waals surface area (Å²) in [5, 5.41) is 9.11. The fourth-order valence-corrected chi connectivity index (χ4v) is 4.66. The molecular weight excluding hydrogens is 384 g/mol. The Morgan fingerprint density at radius 3 is 2.15 bits per heavy atom. The lowest BCUT2D eigenvalue weighted by atomic mass is 10.2. The lowest BCUT2D eigenvalue weighted by Gasteiger charge is -2.12. The number of benzene rings is 2. The second-order valence-corrected chi connectivity index (χ2v) is 8.14. The van der Waals surface area contributed by atoms with Crippen molar-refractivity contribution in [3.05, 3.63) is 46.0 Å².